The summed E-state index contributed by atoms with van der Waals surface area (Å²) >= 11 is 5.96. The number of nitrogens with zero attached hydrogens (tertiary/aromatic N) is 1. The molecule has 0 aliphatic rings. The number of benzene rings is 1. The molecule has 2 aromatic rings. The van der Waals surface area contributed by atoms with Gasteiger partial charge in [-0.15, -0.1) is 0 Å². The number of aromatic carboxylic acids is 1. The van der Waals surface area contributed by atoms with E-state index in [4.69, 9.17) is 16.7 Å². The first-order chi connectivity index (χ1) is 8.06. The van der Waals surface area contributed by atoms with Gasteiger partial charge >= 0.3 is 5.97 Å². The highest BCUT2D eigenvalue weighted by Gasteiger charge is 2.06. The zero-order valence-electron chi connectivity index (χ0n) is 9.14. The van der Waals surface area contributed by atoms with Gasteiger partial charge < -0.3 is 5.11 Å². The third-order valence-corrected chi connectivity index (χ3v) is 2.56. The molecule has 0 atom stereocenters. The lowest BCUT2D eigenvalue weighted by Crippen LogP contribution is -1.97. The molecule has 1 heterocycles. The Labute approximate surface area is 104 Å². The van der Waals surface area contributed by atoms with Gasteiger partial charge in [0.2, 0.25) is 0 Å². The highest BCUT2D eigenvalue weighted by molar-refractivity contribution is 6.30. The van der Waals surface area contributed by atoms with Gasteiger partial charge in [0.25, 0.3) is 0 Å². The third kappa shape index (κ3) is 2.63. The molecule has 86 valence electrons. The van der Waals surface area contributed by atoms with E-state index in [-0.39, 0.29) is 5.56 Å². The van der Waals surface area contributed by atoms with Crippen molar-refractivity contribution in [2.75, 3.05) is 0 Å². The largest absolute Gasteiger partial charge is 0.478 e. The van der Waals surface area contributed by atoms with E-state index in [2.05, 4.69) is 4.98 Å². The lowest BCUT2D eigenvalue weighted by molar-refractivity contribution is 0.0697. The Hall–Kier alpha value is -1.87. The van der Waals surface area contributed by atoms with Gasteiger partial charge in [-0.2, -0.15) is 0 Å². The fourth-order valence-electron chi connectivity index (χ4n) is 1.61. The van der Waals surface area contributed by atoms with Crippen LogP contribution in [-0.4, -0.2) is 16.1 Å². The minimum Gasteiger partial charge on any atom is -0.478 e. The number of carboxylic acids is 1. The number of carbonyl (C=O) groups is 1. The zero-order chi connectivity index (χ0) is 12.4. The molecule has 3 nitrogen and oxygen atoms in total. The number of halogens is 1. The van der Waals surface area contributed by atoms with E-state index in [1.165, 1.54) is 18.3 Å². The quantitative estimate of drug-likeness (QED) is 0.885. The maximum atomic E-state index is 10.9. The molecule has 0 aliphatic carbocycles. The number of aryl methyl sites for hydroxylation is 1. The van der Waals surface area contributed by atoms with Crippen LogP contribution in [0.25, 0.3) is 11.3 Å². The number of pyridine rings is 1. The van der Waals surface area contributed by atoms with Crippen LogP contribution in [0.3, 0.4) is 0 Å². The molecule has 0 unspecified atom stereocenters. The van der Waals surface area contributed by atoms with E-state index in [0.717, 1.165) is 11.1 Å². The minimum atomic E-state index is -0.965. The number of aromatic nitrogens is 1. The molecule has 0 saturated heterocycles. The van der Waals surface area contributed by atoms with Crippen molar-refractivity contribution in [3.05, 3.63) is 52.7 Å². The summed E-state index contributed by atoms with van der Waals surface area (Å²) in [6, 6.07) is 8.52. The van der Waals surface area contributed by atoms with Gasteiger partial charge in [-0.3, -0.25) is 4.98 Å². The Kier molecular flexibility index (Phi) is 3.11. The van der Waals surface area contributed by atoms with Crippen molar-refractivity contribution in [1.29, 1.82) is 0 Å². The van der Waals surface area contributed by atoms with Gasteiger partial charge in [0.1, 0.15) is 0 Å². The van der Waals surface area contributed by atoms with Crippen LogP contribution in [0.15, 0.2) is 36.5 Å². The van der Waals surface area contributed by atoms with Crippen LogP contribution in [-0.2, 0) is 0 Å². The summed E-state index contributed by atoms with van der Waals surface area (Å²) in [6.45, 7) is 1.93. The van der Waals surface area contributed by atoms with Gasteiger partial charge in [0.15, 0.2) is 0 Å². The summed E-state index contributed by atoms with van der Waals surface area (Å²) in [5.74, 6) is -0.965. The summed E-state index contributed by atoms with van der Waals surface area (Å²) < 4.78 is 0. The highest BCUT2D eigenvalue weighted by atomic mass is 35.5. The molecule has 0 radical (unpaired) electrons. The average Bonchev–Trinajstić information content (AvgIpc) is 2.28. The van der Waals surface area contributed by atoms with Crippen LogP contribution in [0.2, 0.25) is 5.02 Å². The third-order valence-electron chi connectivity index (χ3n) is 2.34. The number of rotatable bonds is 2. The number of hydrogen-bond acceptors (Lipinski definition) is 2. The fourth-order valence-corrected chi connectivity index (χ4v) is 1.90. The van der Waals surface area contributed by atoms with E-state index < -0.39 is 5.97 Å². The Morgan fingerprint density at radius 2 is 2.06 bits per heavy atom. The second-order valence-corrected chi connectivity index (χ2v) is 4.19. The van der Waals surface area contributed by atoms with E-state index in [1.54, 1.807) is 6.07 Å². The lowest BCUT2D eigenvalue weighted by Gasteiger charge is -2.04. The van der Waals surface area contributed by atoms with Crippen LogP contribution in [0.1, 0.15) is 15.9 Å². The van der Waals surface area contributed by atoms with Gasteiger partial charge in [0, 0.05) is 16.8 Å². The monoisotopic (exact) mass is 247 g/mol. The van der Waals surface area contributed by atoms with E-state index in [9.17, 15) is 4.79 Å². The van der Waals surface area contributed by atoms with Gasteiger partial charge in [-0.25, -0.2) is 4.79 Å². The fraction of sp³-hybridized carbons (Fsp3) is 0.0769. The van der Waals surface area contributed by atoms with E-state index >= 15 is 0 Å². The lowest BCUT2D eigenvalue weighted by atomic mass is 10.1. The summed E-state index contributed by atoms with van der Waals surface area (Å²) in [4.78, 5) is 15.0. The molecule has 1 N–H and O–H groups in total. The molecule has 17 heavy (non-hydrogen) atoms. The predicted octanol–water partition coefficient (Wildman–Crippen LogP) is 3.41. The zero-order valence-corrected chi connectivity index (χ0v) is 9.90. The second-order valence-electron chi connectivity index (χ2n) is 3.75. The van der Waals surface area contributed by atoms with Crippen LogP contribution in [0.5, 0.6) is 0 Å². The van der Waals surface area contributed by atoms with Crippen molar-refractivity contribution in [1.82, 2.24) is 4.98 Å². The van der Waals surface area contributed by atoms with Crippen molar-refractivity contribution >= 4 is 17.6 Å². The first-order valence-corrected chi connectivity index (χ1v) is 5.41. The SMILES string of the molecule is Cc1cc(Cl)cc(-c2cc(C(=O)O)ccn2)c1. The molecule has 0 bridgehead atoms. The summed E-state index contributed by atoms with van der Waals surface area (Å²) in [5.41, 5.74) is 2.65. The van der Waals surface area contributed by atoms with Crippen molar-refractivity contribution in [2.45, 2.75) is 6.92 Å². The maximum Gasteiger partial charge on any atom is 0.335 e. The molecule has 0 saturated carbocycles. The first kappa shape index (κ1) is 11.6. The Bertz CT molecular complexity index is 561. The van der Waals surface area contributed by atoms with E-state index in [1.807, 2.05) is 19.1 Å². The molecular formula is C13H10ClNO2. The summed E-state index contributed by atoms with van der Waals surface area (Å²) in [6.07, 6.45) is 1.48. The van der Waals surface area contributed by atoms with Gasteiger partial charge in [-0.1, -0.05) is 11.6 Å². The van der Waals surface area contributed by atoms with Gasteiger partial charge in [0.05, 0.1) is 11.3 Å². The molecule has 1 aromatic heterocycles. The van der Waals surface area contributed by atoms with Crippen molar-refractivity contribution in [3.63, 3.8) is 0 Å². The summed E-state index contributed by atoms with van der Waals surface area (Å²) in [5, 5.41) is 9.52. The topological polar surface area (TPSA) is 50.2 Å². The Balaban J connectivity index is 2.52. The second kappa shape index (κ2) is 4.55. The minimum absolute atomic E-state index is 0.215. The van der Waals surface area contributed by atoms with Crippen molar-refractivity contribution in [3.8, 4) is 11.3 Å². The van der Waals surface area contributed by atoms with Crippen molar-refractivity contribution < 1.29 is 9.90 Å². The van der Waals surface area contributed by atoms with Crippen LogP contribution in [0, 0.1) is 6.92 Å². The normalized spacial score (nSPS) is 10.2. The predicted molar refractivity (Wildman–Crippen MR) is 66.4 cm³/mol. The van der Waals surface area contributed by atoms with Crippen LogP contribution < -0.4 is 0 Å². The molecule has 0 fully saturated rings. The molecule has 2 rings (SSSR count). The highest BCUT2D eigenvalue weighted by Crippen LogP contribution is 2.23. The molecular weight excluding hydrogens is 238 g/mol. The van der Waals surface area contributed by atoms with Crippen LogP contribution in [0.4, 0.5) is 0 Å². The number of hydrogen-bond donors (Lipinski definition) is 1. The maximum absolute atomic E-state index is 10.9. The smallest absolute Gasteiger partial charge is 0.335 e. The standard InChI is InChI=1S/C13H10ClNO2/c1-8-4-10(6-11(14)5-8)12-7-9(13(16)17)2-3-15-12/h2-7H,1H3,(H,16,17). The molecule has 0 spiro atoms. The summed E-state index contributed by atoms with van der Waals surface area (Å²) in [7, 11) is 0. The number of carboxylic acid groups (broad SMARTS) is 1. The van der Waals surface area contributed by atoms with E-state index in [0.29, 0.717) is 10.7 Å². The molecule has 1 aromatic carbocycles. The van der Waals surface area contributed by atoms with Gasteiger partial charge in [-0.05, 0) is 42.8 Å². The molecule has 0 aliphatic heterocycles. The van der Waals surface area contributed by atoms with Crippen molar-refractivity contribution in [2.24, 2.45) is 0 Å². The first-order valence-electron chi connectivity index (χ1n) is 5.03. The van der Waals surface area contributed by atoms with Crippen LogP contribution >= 0.6 is 11.6 Å². The molecule has 4 heteroatoms. The Morgan fingerprint density at radius 3 is 2.71 bits per heavy atom. The molecule has 0 amide bonds. The average molecular weight is 248 g/mol. The Morgan fingerprint density at radius 1 is 1.29 bits per heavy atom.